The van der Waals surface area contributed by atoms with Crippen molar-refractivity contribution in [3.63, 3.8) is 0 Å². The van der Waals surface area contributed by atoms with Gasteiger partial charge in [-0.25, -0.2) is 4.68 Å². The highest BCUT2D eigenvalue weighted by Crippen LogP contribution is 2.37. The number of amides is 1. The second-order valence-electron chi connectivity index (χ2n) is 8.00. The van der Waals surface area contributed by atoms with Crippen molar-refractivity contribution < 1.29 is 9.32 Å². The maximum Gasteiger partial charge on any atom is 0.232 e. The zero-order valence-electron chi connectivity index (χ0n) is 17.6. The summed E-state index contributed by atoms with van der Waals surface area (Å²) in [5.41, 5.74) is 2.72. The van der Waals surface area contributed by atoms with Crippen molar-refractivity contribution in [2.45, 2.75) is 19.3 Å². The topological polar surface area (TPSA) is 77.0 Å². The number of rotatable bonds is 4. The van der Waals surface area contributed by atoms with Gasteiger partial charge in [-0.2, -0.15) is 10.1 Å². The van der Waals surface area contributed by atoms with Crippen LogP contribution in [0.3, 0.4) is 0 Å². The summed E-state index contributed by atoms with van der Waals surface area (Å²) in [5, 5.41) is 10.6. The van der Waals surface area contributed by atoms with Gasteiger partial charge in [0, 0.05) is 29.1 Å². The van der Waals surface area contributed by atoms with Crippen LogP contribution in [0.2, 0.25) is 5.02 Å². The van der Waals surface area contributed by atoms with E-state index in [0.29, 0.717) is 29.7 Å². The van der Waals surface area contributed by atoms with Crippen molar-refractivity contribution in [3.05, 3.63) is 77.3 Å². The molecule has 0 bridgehead atoms. The first-order chi connectivity index (χ1) is 16.1. The molecule has 5 aromatic rings. The van der Waals surface area contributed by atoms with E-state index >= 15 is 0 Å². The summed E-state index contributed by atoms with van der Waals surface area (Å²) in [6.07, 6.45) is 0.322. The molecule has 0 saturated carbocycles. The smallest absolute Gasteiger partial charge is 0.232 e. The van der Waals surface area contributed by atoms with Crippen LogP contribution in [0.5, 0.6) is 0 Å². The molecule has 1 aliphatic heterocycles. The number of hydrogen-bond donors (Lipinski definition) is 0. The van der Waals surface area contributed by atoms with E-state index < -0.39 is 0 Å². The van der Waals surface area contributed by atoms with Crippen LogP contribution in [0.1, 0.15) is 23.9 Å². The predicted molar refractivity (Wildman–Crippen MR) is 128 cm³/mol. The average Bonchev–Trinajstić information content (AvgIpc) is 3.58. The quantitative estimate of drug-likeness (QED) is 0.337. The Morgan fingerprint density at radius 3 is 2.73 bits per heavy atom. The normalized spacial score (nSPS) is 16.2. The van der Waals surface area contributed by atoms with Gasteiger partial charge in [0.25, 0.3) is 0 Å². The van der Waals surface area contributed by atoms with Crippen LogP contribution in [0.25, 0.3) is 26.6 Å². The Hall–Kier alpha value is -3.49. The molecule has 1 aliphatic rings. The van der Waals surface area contributed by atoms with Crippen molar-refractivity contribution >= 4 is 44.7 Å². The molecule has 1 saturated heterocycles. The molecule has 0 spiro atoms. The molecule has 1 fully saturated rings. The van der Waals surface area contributed by atoms with Gasteiger partial charge in [0.2, 0.25) is 17.6 Å². The summed E-state index contributed by atoms with van der Waals surface area (Å²) < 4.78 is 7.54. The number of carbonyl (C=O) groups is 1. The monoisotopic (exact) mass is 475 g/mol. The Morgan fingerprint density at radius 2 is 1.91 bits per heavy atom. The molecule has 9 heteroatoms. The van der Waals surface area contributed by atoms with Gasteiger partial charge in [-0.1, -0.05) is 41.0 Å². The second kappa shape index (κ2) is 7.83. The van der Waals surface area contributed by atoms with Gasteiger partial charge in [-0.15, -0.1) is 11.3 Å². The summed E-state index contributed by atoms with van der Waals surface area (Å²) in [6, 6.07) is 19.4. The van der Waals surface area contributed by atoms with E-state index in [1.807, 2.05) is 54.1 Å². The molecule has 3 aromatic heterocycles. The molecule has 0 unspecified atom stereocenters. The Morgan fingerprint density at radius 1 is 1.09 bits per heavy atom. The van der Waals surface area contributed by atoms with Crippen molar-refractivity contribution in [1.29, 1.82) is 0 Å². The van der Waals surface area contributed by atoms with Gasteiger partial charge >= 0.3 is 0 Å². The van der Waals surface area contributed by atoms with Crippen LogP contribution in [0, 0.1) is 6.92 Å². The Kier molecular flexibility index (Phi) is 4.78. The van der Waals surface area contributed by atoms with Crippen LogP contribution >= 0.6 is 22.9 Å². The Balaban J connectivity index is 1.29. The number of aromatic nitrogens is 4. The third-order valence-electron chi connectivity index (χ3n) is 5.80. The van der Waals surface area contributed by atoms with E-state index in [9.17, 15) is 4.79 Å². The number of aryl methyl sites for hydroxylation is 1. The summed E-state index contributed by atoms with van der Waals surface area (Å²) in [6.45, 7) is 2.48. The molecule has 1 amide bonds. The molecule has 0 radical (unpaired) electrons. The summed E-state index contributed by atoms with van der Waals surface area (Å²) in [4.78, 5) is 20.9. The van der Waals surface area contributed by atoms with E-state index in [0.717, 1.165) is 32.2 Å². The molecule has 1 atom stereocenters. The van der Waals surface area contributed by atoms with Crippen LogP contribution in [-0.4, -0.2) is 32.4 Å². The summed E-state index contributed by atoms with van der Waals surface area (Å²) in [7, 11) is 0. The van der Waals surface area contributed by atoms with Crippen LogP contribution in [-0.2, 0) is 4.79 Å². The van der Waals surface area contributed by atoms with E-state index in [-0.39, 0.29) is 11.8 Å². The minimum Gasteiger partial charge on any atom is -0.339 e. The van der Waals surface area contributed by atoms with Gasteiger partial charge in [0.1, 0.15) is 4.83 Å². The number of anilines is 1. The van der Waals surface area contributed by atoms with Gasteiger partial charge in [0.05, 0.1) is 22.2 Å². The predicted octanol–water partition coefficient (Wildman–Crippen LogP) is 5.62. The van der Waals surface area contributed by atoms with Crippen LogP contribution < -0.4 is 4.90 Å². The lowest BCUT2D eigenvalue weighted by Crippen LogP contribution is -2.24. The lowest BCUT2D eigenvalue weighted by atomic mass is 10.1. The number of hydrogen-bond acceptors (Lipinski definition) is 6. The molecule has 164 valence electrons. The van der Waals surface area contributed by atoms with Crippen molar-refractivity contribution in [1.82, 2.24) is 19.9 Å². The molecule has 7 nitrogen and oxygen atoms in total. The number of halogens is 1. The SMILES string of the molecule is Cc1nn(-c2ccccc2)c2sc(-c3noc([C@H]4CC(=O)N(c5cccc(Cl)c5)C4)n3)cc12. The Labute approximate surface area is 198 Å². The average molecular weight is 476 g/mol. The number of thiophene rings is 1. The lowest BCUT2D eigenvalue weighted by Gasteiger charge is -2.16. The fourth-order valence-electron chi connectivity index (χ4n) is 4.17. The first-order valence-electron chi connectivity index (χ1n) is 10.5. The third kappa shape index (κ3) is 3.51. The highest BCUT2D eigenvalue weighted by Gasteiger charge is 2.35. The zero-order chi connectivity index (χ0) is 22.5. The van der Waals surface area contributed by atoms with E-state index in [2.05, 4.69) is 21.3 Å². The number of para-hydroxylation sites is 1. The van der Waals surface area contributed by atoms with Gasteiger partial charge in [-0.05, 0) is 43.3 Å². The zero-order valence-corrected chi connectivity index (χ0v) is 19.2. The van der Waals surface area contributed by atoms with Crippen molar-refractivity contribution in [3.8, 4) is 16.4 Å². The molecule has 2 aromatic carbocycles. The number of carbonyl (C=O) groups excluding carboxylic acids is 1. The Bertz CT molecular complexity index is 1490. The molecule has 0 N–H and O–H groups in total. The first kappa shape index (κ1) is 20.1. The van der Waals surface area contributed by atoms with Crippen molar-refractivity contribution in [2.24, 2.45) is 0 Å². The standard InChI is InChI=1S/C24H18ClN5O2S/c1-14-19-12-20(33-24(19)30(27-14)17-7-3-2-4-8-17)22-26-23(32-28-22)15-10-21(31)29(13-15)18-9-5-6-16(25)11-18/h2-9,11-12,15H,10,13H2,1H3/t15-/m0/s1. The summed E-state index contributed by atoms with van der Waals surface area (Å²) in [5.74, 6) is 0.858. The summed E-state index contributed by atoms with van der Waals surface area (Å²) >= 11 is 7.67. The fraction of sp³-hybridized carbons (Fsp3) is 0.167. The van der Waals surface area contributed by atoms with Crippen LogP contribution in [0.4, 0.5) is 5.69 Å². The van der Waals surface area contributed by atoms with Crippen molar-refractivity contribution in [2.75, 3.05) is 11.4 Å². The maximum atomic E-state index is 12.6. The molecular weight excluding hydrogens is 458 g/mol. The number of nitrogens with zero attached hydrogens (tertiary/aromatic N) is 5. The van der Waals surface area contributed by atoms with E-state index in [1.165, 1.54) is 0 Å². The third-order valence-corrected chi connectivity index (χ3v) is 7.14. The lowest BCUT2D eigenvalue weighted by molar-refractivity contribution is -0.117. The largest absolute Gasteiger partial charge is 0.339 e. The minimum absolute atomic E-state index is 0.0162. The molecule has 33 heavy (non-hydrogen) atoms. The minimum atomic E-state index is -0.159. The van der Waals surface area contributed by atoms with Crippen LogP contribution in [0.15, 0.2) is 65.2 Å². The number of fused-ring (bicyclic) bond motifs is 1. The maximum absolute atomic E-state index is 12.6. The fourth-order valence-corrected chi connectivity index (χ4v) is 5.46. The van der Waals surface area contributed by atoms with Gasteiger partial charge < -0.3 is 9.42 Å². The highest BCUT2D eigenvalue weighted by molar-refractivity contribution is 7.21. The molecule has 4 heterocycles. The van der Waals surface area contributed by atoms with E-state index in [1.54, 1.807) is 28.4 Å². The van der Waals surface area contributed by atoms with Gasteiger partial charge in [-0.3, -0.25) is 4.79 Å². The number of benzene rings is 2. The highest BCUT2D eigenvalue weighted by atomic mass is 35.5. The second-order valence-corrected chi connectivity index (χ2v) is 9.47. The first-order valence-corrected chi connectivity index (χ1v) is 11.7. The molecule has 6 rings (SSSR count). The van der Waals surface area contributed by atoms with Gasteiger partial charge in [0.15, 0.2) is 0 Å². The van der Waals surface area contributed by atoms with E-state index in [4.69, 9.17) is 16.1 Å². The molecular formula is C24H18ClN5O2S. The molecule has 0 aliphatic carbocycles.